The number of nitrogens with zero attached hydrogens (tertiary/aromatic N) is 1. The third-order valence-corrected chi connectivity index (χ3v) is 4.37. The third kappa shape index (κ3) is 5.00. The summed E-state index contributed by atoms with van der Waals surface area (Å²) < 4.78 is 24.7. The molecule has 0 aromatic heterocycles. The average molecular weight is 315 g/mol. The molecule has 1 aromatic carbocycles. The van der Waals surface area contributed by atoms with Crippen molar-refractivity contribution in [2.45, 2.75) is 18.7 Å². The van der Waals surface area contributed by atoms with Crippen molar-refractivity contribution in [1.82, 2.24) is 9.79 Å². The van der Waals surface area contributed by atoms with Crippen molar-refractivity contribution in [1.29, 1.82) is 0 Å². The number of hydrogen-bond donors (Lipinski definition) is 2. The highest BCUT2D eigenvalue weighted by Crippen LogP contribution is 2.17. The van der Waals surface area contributed by atoms with E-state index in [-0.39, 0.29) is 10.9 Å². The molecule has 0 atom stereocenters. The van der Waals surface area contributed by atoms with E-state index in [2.05, 4.69) is 15.5 Å². The van der Waals surface area contributed by atoms with Crippen molar-refractivity contribution in [3.63, 3.8) is 0 Å². The maximum atomic E-state index is 12.0. The van der Waals surface area contributed by atoms with Gasteiger partial charge in [-0.3, -0.25) is 4.84 Å². The standard InChI is InChI=1S/C13H21N3O4S/c1-10(2)9-14-13(17)15-11-5-7-12(8-6-11)21(18,19)16(3)20-4/h5-8,10H,9H2,1-4H3,(H2,14,15,17). The van der Waals surface area contributed by atoms with Crippen LogP contribution in [-0.2, 0) is 14.9 Å². The molecule has 2 amide bonds. The second kappa shape index (κ2) is 7.39. The van der Waals surface area contributed by atoms with Crippen LogP contribution < -0.4 is 10.6 Å². The molecule has 0 radical (unpaired) electrons. The summed E-state index contributed by atoms with van der Waals surface area (Å²) in [4.78, 5) is 16.4. The maximum absolute atomic E-state index is 12.0. The van der Waals surface area contributed by atoms with E-state index < -0.39 is 10.0 Å². The first-order chi connectivity index (χ1) is 9.77. The third-order valence-electron chi connectivity index (χ3n) is 2.68. The maximum Gasteiger partial charge on any atom is 0.319 e. The quantitative estimate of drug-likeness (QED) is 0.781. The lowest BCUT2D eigenvalue weighted by molar-refractivity contribution is -0.0258. The fourth-order valence-electron chi connectivity index (χ4n) is 1.43. The number of anilines is 1. The summed E-state index contributed by atoms with van der Waals surface area (Å²) >= 11 is 0. The molecule has 2 N–H and O–H groups in total. The van der Waals surface area contributed by atoms with Crippen LogP contribution in [0.5, 0.6) is 0 Å². The largest absolute Gasteiger partial charge is 0.338 e. The Bertz CT molecular complexity index is 570. The number of hydroxylamine groups is 1. The molecule has 8 heteroatoms. The van der Waals surface area contributed by atoms with E-state index in [1.807, 2.05) is 13.8 Å². The molecule has 1 rings (SSSR count). The zero-order chi connectivity index (χ0) is 16.0. The molecule has 0 aliphatic rings. The first-order valence-electron chi connectivity index (χ1n) is 6.45. The molecular formula is C13H21N3O4S. The number of sulfonamides is 1. The van der Waals surface area contributed by atoms with Gasteiger partial charge in [-0.05, 0) is 30.2 Å². The monoisotopic (exact) mass is 315 g/mol. The van der Waals surface area contributed by atoms with Crippen LogP contribution >= 0.6 is 0 Å². The first-order valence-corrected chi connectivity index (χ1v) is 7.89. The van der Waals surface area contributed by atoms with Crippen LogP contribution in [0.1, 0.15) is 13.8 Å². The molecule has 0 aliphatic carbocycles. The fourth-order valence-corrected chi connectivity index (χ4v) is 2.40. The topological polar surface area (TPSA) is 87.7 Å². The summed E-state index contributed by atoms with van der Waals surface area (Å²) in [6, 6.07) is 5.52. The molecular weight excluding hydrogens is 294 g/mol. The van der Waals surface area contributed by atoms with Gasteiger partial charge in [0.05, 0.1) is 12.0 Å². The van der Waals surface area contributed by atoms with Gasteiger partial charge in [-0.2, -0.15) is 0 Å². The van der Waals surface area contributed by atoms with Crippen LogP contribution in [-0.4, -0.2) is 39.6 Å². The van der Waals surface area contributed by atoms with E-state index in [9.17, 15) is 13.2 Å². The Kier molecular flexibility index (Phi) is 6.13. The van der Waals surface area contributed by atoms with Crippen molar-refractivity contribution in [3.05, 3.63) is 24.3 Å². The Morgan fingerprint density at radius 3 is 2.33 bits per heavy atom. The van der Waals surface area contributed by atoms with E-state index in [0.29, 0.717) is 18.2 Å². The number of amides is 2. The highest BCUT2D eigenvalue weighted by atomic mass is 32.2. The molecule has 7 nitrogen and oxygen atoms in total. The molecule has 118 valence electrons. The molecule has 0 saturated heterocycles. The van der Waals surface area contributed by atoms with E-state index in [1.165, 1.54) is 38.4 Å². The highest BCUT2D eigenvalue weighted by Gasteiger charge is 2.20. The molecule has 0 spiro atoms. The van der Waals surface area contributed by atoms with Crippen molar-refractivity contribution in [3.8, 4) is 0 Å². The lowest BCUT2D eigenvalue weighted by atomic mass is 10.2. The van der Waals surface area contributed by atoms with Crippen LogP contribution in [0.15, 0.2) is 29.2 Å². The van der Waals surface area contributed by atoms with Gasteiger partial charge in [-0.1, -0.05) is 18.3 Å². The number of carbonyl (C=O) groups excluding carboxylic acids is 1. The van der Waals surface area contributed by atoms with Crippen molar-refractivity contribution < 1.29 is 18.0 Å². The Morgan fingerprint density at radius 1 is 1.29 bits per heavy atom. The van der Waals surface area contributed by atoms with Gasteiger partial charge >= 0.3 is 6.03 Å². The molecule has 0 saturated carbocycles. The van der Waals surface area contributed by atoms with Crippen molar-refractivity contribution in [2.24, 2.45) is 5.92 Å². The summed E-state index contributed by atoms with van der Waals surface area (Å²) in [6.07, 6.45) is 0. The Balaban J connectivity index is 2.73. The molecule has 1 aromatic rings. The smallest absolute Gasteiger partial charge is 0.319 e. The van der Waals surface area contributed by atoms with E-state index >= 15 is 0 Å². The zero-order valence-electron chi connectivity index (χ0n) is 12.6. The number of hydrogen-bond acceptors (Lipinski definition) is 4. The molecule has 21 heavy (non-hydrogen) atoms. The lowest BCUT2D eigenvalue weighted by Gasteiger charge is -2.14. The van der Waals surface area contributed by atoms with E-state index in [4.69, 9.17) is 0 Å². The fraction of sp³-hybridized carbons (Fsp3) is 0.462. The van der Waals surface area contributed by atoms with E-state index in [1.54, 1.807) is 0 Å². The molecule has 0 fully saturated rings. The minimum absolute atomic E-state index is 0.0833. The van der Waals surface area contributed by atoms with Crippen molar-refractivity contribution in [2.75, 3.05) is 26.0 Å². The number of carbonyl (C=O) groups is 1. The summed E-state index contributed by atoms with van der Waals surface area (Å²) in [7, 11) is -1.10. The lowest BCUT2D eigenvalue weighted by Crippen LogP contribution is -2.31. The average Bonchev–Trinajstić information content (AvgIpc) is 2.44. The predicted octanol–water partition coefficient (Wildman–Crippen LogP) is 1.65. The van der Waals surface area contributed by atoms with Gasteiger partial charge in [0, 0.05) is 19.3 Å². The number of urea groups is 1. The van der Waals surface area contributed by atoms with Crippen LogP contribution in [0, 0.1) is 5.92 Å². The SMILES string of the molecule is CON(C)S(=O)(=O)c1ccc(NC(=O)NCC(C)C)cc1. The Labute approximate surface area is 125 Å². The van der Waals surface area contributed by atoms with Gasteiger partial charge in [-0.25, -0.2) is 13.2 Å². The molecule has 0 unspecified atom stereocenters. The Hall–Kier alpha value is -1.64. The Morgan fingerprint density at radius 2 is 1.86 bits per heavy atom. The summed E-state index contributed by atoms with van der Waals surface area (Å²) in [5, 5.41) is 5.34. The minimum Gasteiger partial charge on any atom is -0.338 e. The minimum atomic E-state index is -3.67. The number of benzene rings is 1. The predicted molar refractivity (Wildman–Crippen MR) is 80.3 cm³/mol. The summed E-state index contributed by atoms with van der Waals surface area (Å²) in [6.45, 7) is 4.55. The normalized spacial score (nSPS) is 11.7. The number of nitrogens with one attached hydrogen (secondary N) is 2. The van der Waals surface area contributed by atoms with Crippen LogP contribution in [0.4, 0.5) is 10.5 Å². The molecule has 0 bridgehead atoms. The highest BCUT2D eigenvalue weighted by molar-refractivity contribution is 7.89. The van der Waals surface area contributed by atoms with Gasteiger partial charge in [-0.15, -0.1) is 0 Å². The molecule has 0 heterocycles. The zero-order valence-corrected chi connectivity index (χ0v) is 13.4. The van der Waals surface area contributed by atoms with Crippen LogP contribution in [0.3, 0.4) is 0 Å². The first kappa shape index (κ1) is 17.4. The van der Waals surface area contributed by atoms with Gasteiger partial charge in [0.25, 0.3) is 10.0 Å². The van der Waals surface area contributed by atoms with Crippen LogP contribution in [0.2, 0.25) is 0 Å². The van der Waals surface area contributed by atoms with Gasteiger partial charge < -0.3 is 10.6 Å². The van der Waals surface area contributed by atoms with Gasteiger partial charge in [0.1, 0.15) is 0 Å². The van der Waals surface area contributed by atoms with Crippen LogP contribution in [0.25, 0.3) is 0 Å². The summed E-state index contributed by atoms with van der Waals surface area (Å²) in [5.74, 6) is 0.354. The van der Waals surface area contributed by atoms with Gasteiger partial charge in [0.2, 0.25) is 0 Å². The summed E-state index contributed by atoms with van der Waals surface area (Å²) in [5.41, 5.74) is 0.510. The van der Waals surface area contributed by atoms with Crippen molar-refractivity contribution >= 4 is 21.7 Å². The van der Waals surface area contributed by atoms with E-state index in [0.717, 1.165) is 4.47 Å². The second-order valence-corrected chi connectivity index (χ2v) is 6.79. The second-order valence-electron chi connectivity index (χ2n) is 4.85. The molecule has 0 aliphatic heterocycles. The van der Waals surface area contributed by atoms with Gasteiger partial charge in [0.15, 0.2) is 0 Å². The number of rotatable bonds is 6.